The van der Waals surface area contributed by atoms with Crippen LogP contribution in [0.5, 0.6) is 11.5 Å². The Labute approximate surface area is 168 Å². The Morgan fingerprint density at radius 1 is 1.07 bits per heavy atom. The van der Waals surface area contributed by atoms with Gasteiger partial charge in [-0.3, -0.25) is 9.36 Å². The molecule has 0 saturated heterocycles. The molecule has 0 spiro atoms. The van der Waals surface area contributed by atoms with E-state index in [-0.39, 0.29) is 11.7 Å². The second-order valence-corrected chi connectivity index (χ2v) is 6.80. The number of nitrogens with one attached hydrogen (secondary N) is 1. The van der Waals surface area contributed by atoms with E-state index >= 15 is 0 Å². The highest BCUT2D eigenvalue weighted by Crippen LogP contribution is 2.24. The Kier molecular flexibility index (Phi) is 6.54. The molecule has 28 heavy (non-hydrogen) atoms. The molecule has 0 saturated carbocycles. The van der Waals surface area contributed by atoms with Crippen molar-refractivity contribution in [1.82, 2.24) is 14.8 Å². The molecule has 0 unspecified atom stereocenters. The molecule has 0 fully saturated rings. The molecule has 2 aromatic carbocycles. The van der Waals surface area contributed by atoms with Crippen molar-refractivity contribution < 1.29 is 14.3 Å². The predicted octanol–water partition coefficient (Wildman–Crippen LogP) is 3.71. The first-order valence-electron chi connectivity index (χ1n) is 8.82. The zero-order chi connectivity index (χ0) is 19.9. The molecular weight excluding hydrogens is 376 g/mol. The average Bonchev–Trinajstić information content (AvgIpc) is 3.08. The highest BCUT2D eigenvalue weighted by molar-refractivity contribution is 7.99. The molecule has 0 atom stereocenters. The Balaban J connectivity index is 1.65. The standard InChI is InChI=1S/C20H22N4O3S/c1-4-27-18-11-7-16(8-12-18)24-14(2)22-23-20(24)28-13-19(25)21-15-5-9-17(26-3)10-6-15/h5-12H,4,13H2,1-3H3,(H,21,25). The molecule has 8 heteroatoms. The molecule has 0 aliphatic heterocycles. The van der Waals surface area contributed by atoms with Crippen molar-refractivity contribution >= 4 is 23.4 Å². The van der Waals surface area contributed by atoms with Crippen molar-refractivity contribution in [2.45, 2.75) is 19.0 Å². The summed E-state index contributed by atoms with van der Waals surface area (Å²) in [6.45, 7) is 4.45. The van der Waals surface area contributed by atoms with E-state index in [1.54, 1.807) is 31.4 Å². The lowest BCUT2D eigenvalue weighted by Crippen LogP contribution is -2.14. The monoisotopic (exact) mass is 398 g/mol. The van der Waals surface area contributed by atoms with Crippen LogP contribution in [-0.4, -0.2) is 40.1 Å². The average molecular weight is 398 g/mol. The van der Waals surface area contributed by atoms with Crippen LogP contribution in [0.1, 0.15) is 12.7 Å². The molecule has 0 bridgehead atoms. The first-order valence-corrected chi connectivity index (χ1v) is 9.81. The smallest absolute Gasteiger partial charge is 0.234 e. The topological polar surface area (TPSA) is 78.3 Å². The second-order valence-electron chi connectivity index (χ2n) is 5.86. The first kappa shape index (κ1) is 19.8. The van der Waals surface area contributed by atoms with Gasteiger partial charge in [0.25, 0.3) is 0 Å². The third-order valence-corrected chi connectivity index (χ3v) is 4.84. The van der Waals surface area contributed by atoms with Crippen molar-refractivity contribution in [2.24, 2.45) is 0 Å². The number of amides is 1. The minimum Gasteiger partial charge on any atom is -0.497 e. The molecular formula is C20H22N4O3S. The summed E-state index contributed by atoms with van der Waals surface area (Å²) >= 11 is 1.33. The van der Waals surface area contributed by atoms with E-state index in [1.165, 1.54) is 11.8 Å². The van der Waals surface area contributed by atoms with E-state index < -0.39 is 0 Å². The number of ether oxygens (including phenoxy) is 2. The lowest BCUT2D eigenvalue weighted by Gasteiger charge is -2.10. The SMILES string of the molecule is CCOc1ccc(-n2c(C)nnc2SCC(=O)Nc2ccc(OC)cc2)cc1. The van der Waals surface area contributed by atoms with Crippen LogP contribution in [0.25, 0.3) is 5.69 Å². The molecule has 1 amide bonds. The quantitative estimate of drug-likeness (QED) is 0.583. The van der Waals surface area contributed by atoms with Gasteiger partial charge >= 0.3 is 0 Å². The minimum atomic E-state index is -0.117. The van der Waals surface area contributed by atoms with Gasteiger partial charge in [0, 0.05) is 11.4 Å². The predicted molar refractivity (Wildman–Crippen MR) is 110 cm³/mol. The maximum atomic E-state index is 12.3. The number of aromatic nitrogens is 3. The summed E-state index contributed by atoms with van der Waals surface area (Å²) in [7, 11) is 1.60. The molecule has 1 heterocycles. The van der Waals surface area contributed by atoms with Crippen LogP contribution >= 0.6 is 11.8 Å². The lowest BCUT2D eigenvalue weighted by molar-refractivity contribution is -0.113. The van der Waals surface area contributed by atoms with Gasteiger partial charge in [-0.15, -0.1) is 10.2 Å². The van der Waals surface area contributed by atoms with Gasteiger partial charge < -0.3 is 14.8 Å². The highest BCUT2D eigenvalue weighted by Gasteiger charge is 2.13. The number of benzene rings is 2. The van der Waals surface area contributed by atoms with Crippen LogP contribution < -0.4 is 14.8 Å². The molecule has 1 aromatic heterocycles. The molecule has 0 aliphatic carbocycles. The molecule has 1 N–H and O–H groups in total. The number of aryl methyl sites for hydroxylation is 1. The van der Waals surface area contributed by atoms with Crippen molar-refractivity contribution in [3.05, 3.63) is 54.4 Å². The summed E-state index contributed by atoms with van der Waals surface area (Å²) in [5.41, 5.74) is 1.64. The maximum Gasteiger partial charge on any atom is 0.234 e. The molecule has 3 aromatic rings. The Bertz CT molecular complexity index is 924. The lowest BCUT2D eigenvalue weighted by atomic mass is 10.3. The van der Waals surface area contributed by atoms with E-state index in [4.69, 9.17) is 9.47 Å². The summed E-state index contributed by atoms with van der Waals surface area (Å²) in [5.74, 6) is 2.41. The fraction of sp³-hybridized carbons (Fsp3) is 0.250. The number of rotatable bonds is 8. The van der Waals surface area contributed by atoms with E-state index in [1.807, 2.05) is 42.7 Å². The van der Waals surface area contributed by atoms with Gasteiger partial charge in [-0.25, -0.2) is 0 Å². The number of anilines is 1. The van der Waals surface area contributed by atoms with Crippen LogP contribution in [0, 0.1) is 6.92 Å². The Morgan fingerprint density at radius 3 is 2.39 bits per heavy atom. The zero-order valence-electron chi connectivity index (χ0n) is 16.0. The number of hydrogen-bond acceptors (Lipinski definition) is 6. The van der Waals surface area contributed by atoms with Gasteiger partial charge in [0.05, 0.1) is 19.5 Å². The fourth-order valence-corrected chi connectivity index (χ4v) is 3.39. The summed E-state index contributed by atoms with van der Waals surface area (Å²) in [6, 6.07) is 14.9. The van der Waals surface area contributed by atoms with Crippen molar-refractivity contribution in [3.8, 4) is 17.2 Å². The van der Waals surface area contributed by atoms with Gasteiger partial charge in [-0.1, -0.05) is 11.8 Å². The number of hydrogen-bond donors (Lipinski definition) is 1. The summed E-state index contributed by atoms with van der Waals surface area (Å²) in [4.78, 5) is 12.3. The molecule has 3 rings (SSSR count). The minimum absolute atomic E-state index is 0.117. The highest BCUT2D eigenvalue weighted by atomic mass is 32.2. The number of nitrogens with zero attached hydrogens (tertiary/aromatic N) is 3. The largest absolute Gasteiger partial charge is 0.497 e. The van der Waals surface area contributed by atoms with E-state index in [0.717, 1.165) is 28.7 Å². The Morgan fingerprint density at radius 2 is 1.75 bits per heavy atom. The van der Waals surface area contributed by atoms with E-state index in [0.29, 0.717) is 11.8 Å². The second kappa shape index (κ2) is 9.27. The van der Waals surface area contributed by atoms with Gasteiger partial charge in [0.1, 0.15) is 17.3 Å². The number of carbonyl (C=O) groups excluding carboxylic acids is 1. The van der Waals surface area contributed by atoms with Gasteiger partial charge in [-0.2, -0.15) is 0 Å². The van der Waals surface area contributed by atoms with Gasteiger partial charge in [0.2, 0.25) is 5.91 Å². The third-order valence-electron chi connectivity index (χ3n) is 3.91. The molecule has 0 aliphatic rings. The van der Waals surface area contributed by atoms with Crippen LogP contribution in [-0.2, 0) is 4.79 Å². The van der Waals surface area contributed by atoms with Crippen molar-refractivity contribution in [2.75, 3.05) is 24.8 Å². The molecule has 7 nitrogen and oxygen atoms in total. The molecule has 146 valence electrons. The summed E-state index contributed by atoms with van der Waals surface area (Å²) < 4.78 is 12.5. The normalized spacial score (nSPS) is 10.5. The summed E-state index contributed by atoms with van der Waals surface area (Å²) in [6.07, 6.45) is 0. The number of thioether (sulfide) groups is 1. The fourth-order valence-electron chi connectivity index (χ4n) is 2.59. The zero-order valence-corrected chi connectivity index (χ0v) is 16.8. The number of carbonyl (C=O) groups is 1. The van der Waals surface area contributed by atoms with E-state index in [9.17, 15) is 4.79 Å². The van der Waals surface area contributed by atoms with Crippen LogP contribution in [0.4, 0.5) is 5.69 Å². The van der Waals surface area contributed by atoms with Gasteiger partial charge in [-0.05, 0) is 62.4 Å². The number of methoxy groups -OCH3 is 1. The Hall–Kier alpha value is -3.00. The van der Waals surface area contributed by atoms with Gasteiger partial charge in [0.15, 0.2) is 5.16 Å². The van der Waals surface area contributed by atoms with Crippen molar-refractivity contribution in [1.29, 1.82) is 0 Å². The maximum absolute atomic E-state index is 12.3. The van der Waals surface area contributed by atoms with Crippen LogP contribution in [0.15, 0.2) is 53.7 Å². The summed E-state index contributed by atoms with van der Waals surface area (Å²) in [5, 5.41) is 11.9. The van der Waals surface area contributed by atoms with Crippen LogP contribution in [0.2, 0.25) is 0 Å². The van der Waals surface area contributed by atoms with Crippen molar-refractivity contribution in [3.63, 3.8) is 0 Å². The van der Waals surface area contributed by atoms with E-state index in [2.05, 4.69) is 15.5 Å². The third kappa shape index (κ3) is 4.83. The molecule has 0 radical (unpaired) electrons. The van der Waals surface area contributed by atoms with Crippen LogP contribution in [0.3, 0.4) is 0 Å². The first-order chi connectivity index (χ1) is 13.6.